The molecule has 1 aromatic heterocycles. The number of nitrogens with zero attached hydrogens (tertiary/aromatic N) is 1. The van der Waals surface area contributed by atoms with E-state index in [0.717, 1.165) is 49.4 Å². The Morgan fingerprint density at radius 1 is 1.23 bits per heavy atom. The Labute approximate surface area is 154 Å². The minimum absolute atomic E-state index is 0.0634. The van der Waals surface area contributed by atoms with Crippen LogP contribution in [0.25, 0.3) is 10.1 Å². The van der Waals surface area contributed by atoms with Crippen LogP contribution in [-0.2, 0) is 6.18 Å². The second-order valence-electron chi connectivity index (χ2n) is 7.79. The highest BCUT2D eigenvalue weighted by molar-refractivity contribution is 7.20. The smallest absolute Gasteiger partial charge is 0.346 e. The van der Waals surface area contributed by atoms with E-state index in [1.807, 2.05) is 0 Å². The van der Waals surface area contributed by atoms with Gasteiger partial charge in [0.2, 0.25) is 0 Å². The molecule has 1 N–H and O–H groups in total. The lowest BCUT2D eigenvalue weighted by atomic mass is 9.72. The summed E-state index contributed by atoms with van der Waals surface area (Å²) >= 11 is 1.12. The number of halogens is 3. The Kier molecular flexibility index (Phi) is 4.08. The molecule has 7 heteroatoms. The number of amides is 1. The molecule has 0 saturated carbocycles. The minimum atomic E-state index is -4.37. The first-order valence-electron chi connectivity index (χ1n) is 8.83. The second-order valence-corrected chi connectivity index (χ2v) is 8.87. The lowest BCUT2D eigenvalue weighted by Crippen LogP contribution is -2.69. The van der Waals surface area contributed by atoms with Crippen LogP contribution < -0.4 is 5.32 Å². The Bertz CT molecular complexity index is 850. The largest absolute Gasteiger partial charge is 0.416 e. The summed E-state index contributed by atoms with van der Waals surface area (Å²) in [4.78, 5) is 15.7. The maximum absolute atomic E-state index is 12.9. The SMILES string of the molecule is CC1(C)C(NC(=O)c2cc3ccc(C(F)(F)F)cc3s2)C2CCN1CC2. The van der Waals surface area contributed by atoms with Gasteiger partial charge in [0.15, 0.2) is 0 Å². The Morgan fingerprint density at radius 3 is 2.54 bits per heavy atom. The normalized spacial score (nSPS) is 27.7. The third-order valence-corrected chi connectivity index (χ3v) is 7.04. The zero-order valence-corrected chi connectivity index (χ0v) is 15.5. The van der Waals surface area contributed by atoms with E-state index in [1.54, 1.807) is 6.07 Å². The zero-order valence-electron chi connectivity index (χ0n) is 14.7. The number of alkyl halides is 3. The molecule has 140 valence electrons. The summed E-state index contributed by atoms with van der Waals surface area (Å²) < 4.78 is 39.1. The van der Waals surface area contributed by atoms with Crippen molar-refractivity contribution in [2.45, 2.75) is 44.4 Å². The third-order valence-electron chi connectivity index (χ3n) is 5.94. The van der Waals surface area contributed by atoms with E-state index in [9.17, 15) is 18.0 Å². The first-order chi connectivity index (χ1) is 12.2. The van der Waals surface area contributed by atoms with E-state index < -0.39 is 11.7 Å². The molecule has 2 bridgehead atoms. The second kappa shape index (κ2) is 5.96. The van der Waals surface area contributed by atoms with E-state index in [2.05, 4.69) is 24.1 Å². The van der Waals surface area contributed by atoms with Crippen molar-refractivity contribution in [2.24, 2.45) is 5.92 Å². The average molecular weight is 382 g/mol. The molecular weight excluding hydrogens is 361 g/mol. The van der Waals surface area contributed by atoms with Crippen LogP contribution in [0.15, 0.2) is 24.3 Å². The number of rotatable bonds is 2. The predicted molar refractivity (Wildman–Crippen MR) is 96.5 cm³/mol. The lowest BCUT2D eigenvalue weighted by molar-refractivity contribution is -0.137. The maximum Gasteiger partial charge on any atom is 0.416 e. The van der Waals surface area contributed by atoms with Crippen molar-refractivity contribution >= 4 is 27.3 Å². The van der Waals surface area contributed by atoms with Gasteiger partial charge in [0.05, 0.1) is 10.4 Å². The molecule has 1 amide bonds. The molecule has 3 fully saturated rings. The van der Waals surface area contributed by atoms with Crippen molar-refractivity contribution in [3.8, 4) is 0 Å². The summed E-state index contributed by atoms with van der Waals surface area (Å²) in [6.07, 6.45) is -2.22. The molecule has 0 spiro atoms. The molecule has 3 aliphatic rings. The molecule has 3 aliphatic heterocycles. The number of hydrogen-bond donors (Lipinski definition) is 1. The highest BCUT2D eigenvalue weighted by Gasteiger charge is 2.48. The molecular formula is C19H21F3N2OS. The average Bonchev–Trinajstić information content (AvgIpc) is 3.01. The van der Waals surface area contributed by atoms with Crippen molar-refractivity contribution in [2.75, 3.05) is 13.1 Å². The topological polar surface area (TPSA) is 32.3 Å². The van der Waals surface area contributed by atoms with Crippen LogP contribution in [-0.4, -0.2) is 35.5 Å². The fourth-order valence-electron chi connectivity index (χ4n) is 4.41. The van der Waals surface area contributed by atoms with Gasteiger partial charge in [0, 0.05) is 16.3 Å². The number of carbonyl (C=O) groups excluding carboxylic acids is 1. The molecule has 0 aliphatic carbocycles. The number of thiophene rings is 1. The van der Waals surface area contributed by atoms with E-state index in [0.29, 0.717) is 20.9 Å². The maximum atomic E-state index is 12.9. The third kappa shape index (κ3) is 2.91. The van der Waals surface area contributed by atoms with Gasteiger partial charge in [-0.25, -0.2) is 0 Å². The van der Waals surface area contributed by atoms with Crippen LogP contribution in [0, 0.1) is 5.92 Å². The van der Waals surface area contributed by atoms with E-state index in [-0.39, 0.29) is 17.5 Å². The summed E-state index contributed by atoms with van der Waals surface area (Å²) in [6.45, 7) is 6.44. The van der Waals surface area contributed by atoms with Crippen LogP contribution in [0.3, 0.4) is 0 Å². The van der Waals surface area contributed by atoms with Crippen molar-refractivity contribution in [1.82, 2.24) is 10.2 Å². The molecule has 3 saturated heterocycles. The standard InChI is InChI=1S/C19H21F3N2OS/c1-18(2)16(11-5-7-24(18)8-6-11)23-17(25)15-9-12-3-4-13(19(20,21)22)10-14(12)26-15/h3-4,9-11,16H,5-8H2,1-2H3,(H,23,25). The fourth-order valence-corrected chi connectivity index (χ4v) is 5.41. The van der Waals surface area contributed by atoms with Gasteiger partial charge in [-0.2, -0.15) is 13.2 Å². The quantitative estimate of drug-likeness (QED) is 0.828. The molecule has 3 nitrogen and oxygen atoms in total. The van der Waals surface area contributed by atoms with Gasteiger partial charge >= 0.3 is 6.18 Å². The Balaban J connectivity index is 1.58. The first-order valence-corrected chi connectivity index (χ1v) is 9.64. The fraction of sp³-hybridized carbons (Fsp3) is 0.526. The summed E-state index contributed by atoms with van der Waals surface area (Å²) in [5, 5.41) is 3.84. The van der Waals surface area contributed by atoms with Crippen LogP contribution in [0.4, 0.5) is 13.2 Å². The van der Waals surface area contributed by atoms with Gasteiger partial charge in [-0.3, -0.25) is 9.69 Å². The van der Waals surface area contributed by atoms with E-state index in [4.69, 9.17) is 0 Å². The number of hydrogen-bond acceptors (Lipinski definition) is 3. The molecule has 4 heterocycles. The van der Waals surface area contributed by atoms with Crippen LogP contribution in [0.1, 0.15) is 41.9 Å². The van der Waals surface area contributed by atoms with Crippen molar-refractivity contribution < 1.29 is 18.0 Å². The molecule has 1 aromatic carbocycles. The molecule has 26 heavy (non-hydrogen) atoms. The van der Waals surface area contributed by atoms with Crippen molar-refractivity contribution in [3.63, 3.8) is 0 Å². The molecule has 0 radical (unpaired) electrons. The summed E-state index contributed by atoms with van der Waals surface area (Å²) in [5.74, 6) is 0.275. The van der Waals surface area contributed by atoms with Crippen LogP contribution in [0.5, 0.6) is 0 Å². The monoisotopic (exact) mass is 382 g/mol. The molecule has 5 rings (SSSR count). The number of nitrogens with one attached hydrogen (secondary N) is 1. The Hall–Kier alpha value is -1.60. The van der Waals surface area contributed by atoms with E-state index >= 15 is 0 Å². The predicted octanol–water partition coefficient (Wildman–Crippen LogP) is 4.52. The van der Waals surface area contributed by atoms with Gasteiger partial charge in [-0.05, 0) is 69.3 Å². The zero-order chi connectivity index (χ0) is 18.7. The molecule has 1 atom stereocenters. The number of fused-ring (bicyclic) bond motifs is 4. The highest BCUT2D eigenvalue weighted by Crippen LogP contribution is 2.39. The summed E-state index contributed by atoms with van der Waals surface area (Å²) in [5.41, 5.74) is -0.783. The minimum Gasteiger partial charge on any atom is -0.346 e. The lowest BCUT2D eigenvalue weighted by Gasteiger charge is -2.56. The number of piperidine rings is 3. The van der Waals surface area contributed by atoms with Crippen LogP contribution in [0.2, 0.25) is 0 Å². The Morgan fingerprint density at radius 2 is 1.92 bits per heavy atom. The molecule has 1 unspecified atom stereocenters. The number of benzene rings is 1. The molecule has 2 aromatic rings. The van der Waals surface area contributed by atoms with Crippen molar-refractivity contribution in [3.05, 3.63) is 34.7 Å². The van der Waals surface area contributed by atoms with Gasteiger partial charge in [-0.1, -0.05) is 6.07 Å². The highest BCUT2D eigenvalue weighted by atomic mass is 32.1. The summed E-state index contributed by atoms with van der Waals surface area (Å²) in [7, 11) is 0. The summed E-state index contributed by atoms with van der Waals surface area (Å²) in [6, 6.07) is 5.36. The van der Waals surface area contributed by atoms with Gasteiger partial charge in [-0.15, -0.1) is 11.3 Å². The van der Waals surface area contributed by atoms with Gasteiger partial charge in [0.1, 0.15) is 0 Å². The van der Waals surface area contributed by atoms with Gasteiger partial charge in [0.25, 0.3) is 5.91 Å². The number of carbonyl (C=O) groups is 1. The van der Waals surface area contributed by atoms with E-state index in [1.165, 1.54) is 6.07 Å². The van der Waals surface area contributed by atoms with Gasteiger partial charge < -0.3 is 5.32 Å². The van der Waals surface area contributed by atoms with Crippen molar-refractivity contribution in [1.29, 1.82) is 0 Å². The van der Waals surface area contributed by atoms with Crippen LogP contribution >= 0.6 is 11.3 Å². The first kappa shape index (κ1) is 17.8.